The van der Waals surface area contributed by atoms with Gasteiger partial charge in [0.15, 0.2) is 4.34 Å². The van der Waals surface area contributed by atoms with Gasteiger partial charge in [-0.25, -0.2) is 9.78 Å². The molecule has 0 spiro atoms. The van der Waals surface area contributed by atoms with Crippen molar-refractivity contribution in [1.82, 2.24) is 15.2 Å². The van der Waals surface area contributed by atoms with Crippen LogP contribution >= 0.6 is 23.1 Å². The van der Waals surface area contributed by atoms with E-state index in [0.717, 1.165) is 11.3 Å². The van der Waals surface area contributed by atoms with Gasteiger partial charge in [-0.05, 0) is 12.5 Å². The molecule has 4 N–H and O–H groups in total. The number of hydrogen-bond donors (Lipinski definition) is 4. The first-order valence-corrected chi connectivity index (χ1v) is 10.7. The lowest BCUT2D eigenvalue weighted by molar-refractivity contribution is -0.163. The van der Waals surface area contributed by atoms with Crippen LogP contribution in [0.5, 0.6) is 0 Å². The summed E-state index contributed by atoms with van der Waals surface area (Å²) >= 11 is 2.67. The summed E-state index contributed by atoms with van der Waals surface area (Å²) in [5, 5.41) is 34.1. The fourth-order valence-electron chi connectivity index (χ4n) is 4.20. The maximum absolute atomic E-state index is 12.4. The normalized spacial score (nSPS) is 30.4. The Morgan fingerprint density at radius 2 is 2.29 bits per heavy atom. The lowest BCUT2D eigenvalue weighted by atomic mass is 9.79. The average molecular weight is 424 g/mol. The van der Waals surface area contributed by atoms with Crippen molar-refractivity contribution in [3.8, 4) is 0 Å². The summed E-state index contributed by atoms with van der Waals surface area (Å²) in [6.45, 7) is 4.10. The summed E-state index contributed by atoms with van der Waals surface area (Å²) < 4.78 is 0.684. The van der Waals surface area contributed by atoms with Crippen molar-refractivity contribution in [2.45, 2.75) is 36.4 Å². The molecular weight excluding hydrogens is 402 g/mol. The molecule has 150 valence electrons. The number of carboxylic acid groups (broad SMARTS) is 1. The van der Waals surface area contributed by atoms with Gasteiger partial charge in [-0.15, -0.1) is 11.3 Å². The molecule has 3 aliphatic heterocycles. The van der Waals surface area contributed by atoms with Gasteiger partial charge in [0.1, 0.15) is 5.70 Å². The highest BCUT2D eigenvalue weighted by Crippen LogP contribution is 2.52. The third-order valence-corrected chi connectivity index (χ3v) is 7.76. The molecule has 1 aromatic heterocycles. The molecule has 0 saturated carbocycles. The van der Waals surface area contributed by atoms with Gasteiger partial charge < -0.3 is 25.5 Å². The first-order chi connectivity index (χ1) is 13.3. The first kappa shape index (κ1) is 19.6. The van der Waals surface area contributed by atoms with Crippen molar-refractivity contribution in [3.05, 3.63) is 27.8 Å². The summed E-state index contributed by atoms with van der Waals surface area (Å²) in [5.74, 6) is -2.26. The van der Waals surface area contributed by atoms with Gasteiger partial charge >= 0.3 is 5.97 Å². The van der Waals surface area contributed by atoms with E-state index >= 15 is 0 Å². The number of rotatable bonds is 6. The number of nitrogens with zero attached hydrogens (tertiary/aromatic N) is 2. The van der Waals surface area contributed by atoms with E-state index in [1.807, 2.05) is 18.4 Å². The second-order valence-electron chi connectivity index (χ2n) is 7.18. The van der Waals surface area contributed by atoms with Crippen LogP contribution in [0.15, 0.2) is 26.4 Å². The Labute approximate surface area is 170 Å². The molecule has 10 heteroatoms. The lowest BCUT2D eigenvalue weighted by Crippen LogP contribution is -2.63. The van der Waals surface area contributed by atoms with Gasteiger partial charge in [0.25, 0.3) is 0 Å². The van der Waals surface area contributed by atoms with Gasteiger partial charge in [0, 0.05) is 22.7 Å². The van der Waals surface area contributed by atoms with E-state index in [4.69, 9.17) is 0 Å². The molecule has 28 heavy (non-hydrogen) atoms. The topological polar surface area (TPSA) is 123 Å². The summed E-state index contributed by atoms with van der Waals surface area (Å²) in [6, 6.07) is -0.480. The number of hydrogen-bond acceptors (Lipinski definition) is 8. The molecule has 5 atom stereocenters. The minimum absolute atomic E-state index is 0.00358. The Hall–Kier alpha value is -1.72. The molecule has 1 fully saturated rings. The summed E-state index contributed by atoms with van der Waals surface area (Å²) in [4.78, 5) is 30.8. The Balaban J connectivity index is 1.61. The molecule has 0 aliphatic carbocycles. The Morgan fingerprint density at radius 3 is 2.93 bits per heavy atom. The van der Waals surface area contributed by atoms with Crippen molar-refractivity contribution in [2.24, 2.45) is 11.8 Å². The van der Waals surface area contributed by atoms with Gasteiger partial charge in [-0.2, -0.15) is 0 Å². The van der Waals surface area contributed by atoms with E-state index < -0.39 is 18.0 Å². The van der Waals surface area contributed by atoms with Gasteiger partial charge in [-0.3, -0.25) is 4.79 Å². The zero-order chi connectivity index (χ0) is 20.2. The first-order valence-electron chi connectivity index (χ1n) is 9.01. The summed E-state index contributed by atoms with van der Waals surface area (Å²) in [5.41, 5.74) is 1.70. The van der Waals surface area contributed by atoms with Crippen LogP contribution in [-0.2, 0) is 9.59 Å². The predicted octanol–water partition coefficient (Wildman–Crippen LogP) is 0.736. The number of thioether (sulfide) groups is 1. The number of thiazole rings is 1. The molecule has 1 amide bonds. The Morgan fingerprint density at radius 1 is 1.54 bits per heavy atom. The number of aliphatic carboxylic acids is 1. The monoisotopic (exact) mass is 423 g/mol. The second-order valence-corrected chi connectivity index (χ2v) is 9.32. The third-order valence-electron chi connectivity index (χ3n) is 5.53. The highest BCUT2D eigenvalue weighted by atomic mass is 32.2. The van der Waals surface area contributed by atoms with Crippen LogP contribution < -0.4 is 5.32 Å². The van der Waals surface area contributed by atoms with E-state index in [0.29, 0.717) is 15.8 Å². The molecule has 0 unspecified atom stereocenters. The van der Waals surface area contributed by atoms with Crippen LogP contribution in [0.3, 0.4) is 0 Å². The summed E-state index contributed by atoms with van der Waals surface area (Å²) in [7, 11) is 0. The molecule has 0 aromatic carbocycles. The van der Waals surface area contributed by atoms with Crippen LogP contribution in [0.4, 0.5) is 0 Å². The number of aromatic nitrogens is 1. The van der Waals surface area contributed by atoms with Crippen molar-refractivity contribution >= 4 is 40.5 Å². The molecule has 4 rings (SSSR count). The van der Waals surface area contributed by atoms with E-state index in [1.54, 1.807) is 6.92 Å². The number of aliphatic hydroxyl groups excluding tert-OH is 2. The zero-order valence-electron chi connectivity index (χ0n) is 15.3. The number of carboxylic acids is 1. The predicted molar refractivity (Wildman–Crippen MR) is 104 cm³/mol. The Bertz CT molecular complexity index is 894. The van der Waals surface area contributed by atoms with E-state index in [1.165, 1.54) is 28.0 Å². The molecule has 0 radical (unpaired) electrons. The molecule has 0 bridgehead atoms. The van der Waals surface area contributed by atoms with Crippen LogP contribution in [0, 0.1) is 11.8 Å². The van der Waals surface area contributed by atoms with E-state index in [-0.39, 0.29) is 36.2 Å². The number of nitrogens with one attached hydrogen (secondary N) is 1. The number of carbonyl (C=O) groups excluding carboxylic acids is 1. The summed E-state index contributed by atoms with van der Waals surface area (Å²) in [6.07, 6.45) is 1.17. The van der Waals surface area contributed by atoms with Crippen molar-refractivity contribution in [3.63, 3.8) is 0 Å². The minimum Gasteiger partial charge on any atom is -0.477 e. The fraction of sp³-hybridized carbons (Fsp3) is 0.500. The number of β-lactam (4-membered cyclic amide) rings is 1. The standard InChI is InChI=1S/C18H21N3O5S2/c1-7-13-12(8(2)23)16(24)21(13)14(17(25)26)15(7)28-18-20-11(6-27-18)9-3-4-19-10(9)5-22/h3,6-8,10,12-13,19,22-23H,4-5H2,1-2H3,(H,25,26)/t7-,8-,10+,12-,13-/m1/s1. The van der Waals surface area contributed by atoms with Crippen molar-refractivity contribution in [2.75, 3.05) is 13.2 Å². The van der Waals surface area contributed by atoms with Crippen LogP contribution in [0.25, 0.3) is 5.57 Å². The maximum Gasteiger partial charge on any atom is 0.353 e. The zero-order valence-corrected chi connectivity index (χ0v) is 17.0. The van der Waals surface area contributed by atoms with Crippen LogP contribution in [-0.4, -0.2) is 68.4 Å². The molecule has 1 saturated heterocycles. The minimum atomic E-state index is -1.14. The van der Waals surface area contributed by atoms with Crippen LogP contribution in [0.2, 0.25) is 0 Å². The molecule has 3 aliphatic rings. The van der Waals surface area contributed by atoms with E-state index in [9.17, 15) is 24.9 Å². The number of carbonyl (C=O) groups is 2. The molecule has 1 aromatic rings. The fourth-order valence-corrected chi connectivity index (χ4v) is 6.30. The van der Waals surface area contributed by atoms with Crippen molar-refractivity contribution < 1.29 is 24.9 Å². The average Bonchev–Trinajstić information content (AvgIpc) is 3.33. The quantitative estimate of drug-likeness (QED) is 0.494. The van der Waals surface area contributed by atoms with Gasteiger partial charge in [0.05, 0.1) is 36.4 Å². The highest BCUT2D eigenvalue weighted by molar-refractivity contribution is 8.04. The molecule has 8 nitrogen and oxygen atoms in total. The second kappa shape index (κ2) is 7.27. The Kier molecular flexibility index (Phi) is 5.09. The highest BCUT2D eigenvalue weighted by Gasteiger charge is 2.60. The molecule has 4 heterocycles. The molecular formula is C18H21N3O5S2. The number of amides is 1. The largest absolute Gasteiger partial charge is 0.477 e. The maximum atomic E-state index is 12.4. The van der Waals surface area contributed by atoms with E-state index in [2.05, 4.69) is 10.3 Å². The third kappa shape index (κ3) is 2.91. The van der Waals surface area contributed by atoms with Crippen molar-refractivity contribution in [1.29, 1.82) is 0 Å². The SMILES string of the molecule is C[C@@H](O)[C@H]1C(=O)N2C(C(=O)O)=C(Sc3nc(C4=CCN[C@H]4CO)cs3)[C@H](C)[C@H]12. The van der Waals surface area contributed by atoms with Crippen LogP contribution in [0.1, 0.15) is 19.5 Å². The smallest absolute Gasteiger partial charge is 0.353 e. The lowest BCUT2D eigenvalue weighted by Gasteiger charge is -2.46. The van der Waals surface area contributed by atoms with Gasteiger partial charge in [0.2, 0.25) is 5.91 Å². The van der Waals surface area contributed by atoms with Gasteiger partial charge in [-0.1, -0.05) is 24.8 Å². The number of aliphatic hydroxyl groups is 2. The number of fused-ring (bicyclic) bond motifs is 1.